The van der Waals surface area contributed by atoms with Gasteiger partial charge >= 0.3 is 6.18 Å². The first kappa shape index (κ1) is 11.8. The fourth-order valence-electron chi connectivity index (χ4n) is 1.80. The van der Waals surface area contributed by atoms with Crippen molar-refractivity contribution in [2.75, 3.05) is 0 Å². The zero-order chi connectivity index (χ0) is 12.1. The minimum Gasteiger partial charge on any atom is -0.487 e. The summed E-state index contributed by atoms with van der Waals surface area (Å²) in [7, 11) is 0. The van der Waals surface area contributed by atoms with Crippen LogP contribution in [-0.2, 0) is 12.6 Å². The molecule has 1 heterocycles. The summed E-state index contributed by atoms with van der Waals surface area (Å²) in [6.07, 6.45) is -3.73. The summed E-state index contributed by atoms with van der Waals surface area (Å²) in [6, 6.07) is 2.17. The van der Waals surface area contributed by atoms with Gasteiger partial charge in [0.15, 0.2) is 0 Å². The van der Waals surface area contributed by atoms with E-state index in [0.29, 0.717) is 16.6 Å². The molecule has 88 valence electrons. The van der Waals surface area contributed by atoms with Crippen LogP contribution in [-0.4, -0.2) is 5.60 Å². The Kier molecular flexibility index (Phi) is 2.49. The van der Waals surface area contributed by atoms with Crippen molar-refractivity contribution >= 4 is 15.9 Å². The Bertz CT molecular complexity index is 438. The highest BCUT2D eigenvalue weighted by Crippen LogP contribution is 2.43. The van der Waals surface area contributed by atoms with E-state index in [1.165, 1.54) is 0 Å². The minimum atomic E-state index is -4.34. The molecule has 0 N–H and O–H groups in total. The van der Waals surface area contributed by atoms with Crippen LogP contribution in [0.2, 0.25) is 0 Å². The van der Waals surface area contributed by atoms with Crippen LogP contribution in [0.1, 0.15) is 25.0 Å². The number of benzene rings is 1. The first-order valence-electron chi connectivity index (χ1n) is 4.78. The van der Waals surface area contributed by atoms with Gasteiger partial charge in [-0.25, -0.2) is 0 Å². The molecule has 0 radical (unpaired) electrons. The largest absolute Gasteiger partial charge is 0.487 e. The number of fused-ring (bicyclic) bond motifs is 1. The normalized spacial score (nSPS) is 18.1. The van der Waals surface area contributed by atoms with Crippen molar-refractivity contribution in [1.82, 2.24) is 0 Å². The molecule has 0 amide bonds. The van der Waals surface area contributed by atoms with Gasteiger partial charge < -0.3 is 4.74 Å². The van der Waals surface area contributed by atoms with E-state index < -0.39 is 17.3 Å². The van der Waals surface area contributed by atoms with Gasteiger partial charge in [0.2, 0.25) is 0 Å². The van der Waals surface area contributed by atoms with E-state index in [1.54, 1.807) is 0 Å². The standard InChI is InChI=1S/C11H10BrF3O/c1-10(2)5-7-8(12)3-6(11(13,14)15)4-9(7)16-10/h3-4H,5H2,1-2H3. The SMILES string of the molecule is CC1(C)Cc2c(Br)cc(C(F)(F)F)cc2O1. The maximum atomic E-state index is 12.6. The van der Waals surface area contributed by atoms with Crippen molar-refractivity contribution in [2.45, 2.75) is 32.0 Å². The maximum absolute atomic E-state index is 12.6. The molecule has 0 aromatic heterocycles. The molecule has 0 aliphatic carbocycles. The van der Waals surface area contributed by atoms with Gasteiger partial charge in [0.1, 0.15) is 11.4 Å². The monoisotopic (exact) mass is 294 g/mol. The summed E-state index contributed by atoms with van der Waals surface area (Å²) in [4.78, 5) is 0. The van der Waals surface area contributed by atoms with Crippen molar-refractivity contribution < 1.29 is 17.9 Å². The molecule has 0 spiro atoms. The van der Waals surface area contributed by atoms with E-state index in [2.05, 4.69) is 15.9 Å². The fraction of sp³-hybridized carbons (Fsp3) is 0.455. The highest BCUT2D eigenvalue weighted by atomic mass is 79.9. The Labute approximate surface area is 99.7 Å². The van der Waals surface area contributed by atoms with Gasteiger partial charge in [0.05, 0.1) is 5.56 Å². The lowest BCUT2D eigenvalue weighted by molar-refractivity contribution is -0.137. The second kappa shape index (κ2) is 3.39. The molecule has 1 aromatic carbocycles. The molecule has 2 rings (SSSR count). The van der Waals surface area contributed by atoms with E-state index in [9.17, 15) is 13.2 Å². The van der Waals surface area contributed by atoms with Crippen molar-refractivity contribution in [3.05, 3.63) is 27.7 Å². The fourth-order valence-corrected chi connectivity index (χ4v) is 2.38. The van der Waals surface area contributed by atoms with E-state index in [-0.39, 0.29) is 0 Å². The van der Waals surface area contributed by atoms with E-state index in [4.69, 9.17) is 4.74 Å². The van der Waals surface area contributed by atoms with Crippen molar-refractivity contribution in [3.63, 3.8) is 0 Å². The molecule has 0 saturated heterocycles. The van der Waals surface area contributed by atoms with Gasteiger partial charge in [-0.2, -0.15) is 13.2 Å². The summed E-state index contributed by atoms with van der Waals surface area (Å²) in [5, 5.41) is 0. The number of ether oxygens (including phenoxy) is 1. The number of hydrogen-bond donors (Lipinski definition) is 0. The Morgan fingerprint density at radius 1 is 1.31 bits per heavy atom. The van der Waals surface area contributed by atoms with Crippen molar-refractivity contribution in [3.8, 4) is 5.75 Å². The molecule has 0 bridgehead atoms. The highest BCUT2D eigenvalue weighted by molar-refractivity contribution is 9.10. The highest BCUT2D eigenvalue weighted by Gasteiger charge is 2.37. The zero-order valence-corrected chi connectivity index (χ0v) is 10.4. The van der Waals surface area contributed by atoms with E-state index in [0.717, 1.165) is 17.7 Å². The van der Waals surface area contributed by atoms with Crippen LogP contribution in [0, 0.1) is 0 Å². The second-order valence-corrected chi connectivity index (χ2v) is 5.33. The Morgan fingerprint density at radius 2 is 1.94 bits per heavy atom. The third-order valence-electron chi connectivity index (χ3n) is 2.47. The minimum absolute atomic E-state index is 0.326. The maximum Gasteiger partial charge on any atom is 0.416 e. The summed E-state index contributed by atoms with van der Waals surface area (Å²) in [6.45, 7) is 3.71. The lowest BCUT2D eigenvalue weighted by Gasteiger charge is -2.17. The molecular weight excluding hydrogens is 285 g/mol. The molecule has 1 nitrogen and oxygen atoms in total. The molecule has 0 unspecified atom stereocenters. The molecule has 1 aromatic rings. The second-order valence-electron chi connectivity index (χ2n) is 4.47. The van der Waals surface area contributed by atoms with Gasteiger partial charge in [-0.15, -0.1) is 0 Å². The van der Waals surface area contributed by atoms with Gasteiger partial charge in [-0.1, -0.05) is 15.9 Å². The topological polar surface area (TPSA) is 9.23 Å². The van der Waals surface area contributed by atoms with Crippen LogP contribution in [0.3, 0.4) is 0 Å². The van der Waals surface area contributed by atoms with Crippen LogP contribution in [0.25, 0.3) is 0 Å². The predicted octanol–water partition coefficient (Wildman–Crippen LogP) is 4.18. The molecular formula is C11H10BrF3O. The quantitative estimate of drug-likeness (QED) is 0.697. The van der Waals surface area contributed by atoms with E-state index in [1.807, 2.05) is 13.8 Å². The van der Waals surface area contributed by atoms with Gasteiger partial charge in [0, 0.05) is 16.5 Å². The first-order chi connectivity index (χ1) is 7.19. The van der Waals surface area contributed by atoms with Gasteiger partial charge in [0.25, 0.3) is 0 Å². The summed E-state index contributed by atoms with van der Waals surface area (Å²) < 4.78 is 43.6. The molecule has 0 atom stereocenters. The van der Waals surface area contributed by atoms with Crippen LogP contribution < -0.4 is 4.74 Å². The molecule has 1 aliphatic heterocycles. The van der Waals surface area contributed by atoms with Crippen LogP contribution in [0.4, 0.5) is 13.2 Å². The van der Waals surface area contributed by atoms with Crippen LogP contribution in [0.5, 0.6) is 5.75 Å². The number of rotatable bonds is 0. The third kappa shape index (κ3) is 2.05. The summed E-state index contributed by atoms with van der Waals surface area (Å²) in [5.41, 5.74) is -0.316. The lowest BCUT2D eigenvalue weighted by atomic mass is 10.0. The first-order valence-corrected chi connectivity index (χ1v) is 5.57. The smallest absolute Gasteiger partial charge is 0.416 e. The van der Waals surface area contributed by atoms with Gasteiger partial charge in [-0.05, 0) is 26.0 Å². The molecule has 0 saturated carbocycles. The van der Waals surface area contributed by atoms with E-state index >= 15 is 0 Å². The molecule has 16 heavy (non-hydrogen) atoms. The van der Waals surface area contributed by atoms with Crippen LogP contribution in [0.15, 0.2) is 16.6 Å². The average Bonchev–Trinajstić information content (AvgIpc) is 2.38. The van der Waals surface area contributed by atoms with Gasteiger partial charge in [-0.3, -0.25) is 0 Å². The average molecular weight is 295 g/mol. The predicted molar refractivity (Wildman–Crippen MR) is 57.6 cm³/mol. The zero-order valence-electron chi connectivity index (χ0n) is 8.78. The number of alkyl halides is 3. The third-order valence-corrected chi connectivity index (χ3v) is 3.18. The molecule has 1 aliphatic rings. The summed E-state index contributed by atoms with van der Waals surface area (Å²) >= 11 is 3.16. The Morgan fingerprint density at radius 3 is 2.50 bits per heavy atom. The van der Waals surface area contributed by atoms with Crippen molar-refractivity contribution in [2.24, 2.45) is 0 Å². The lowest BCUT2D eigenvalue weighted by Crippen LogP contribution is -2.24. The summed E-state index contributed by atoms with van der Waals surface area (Å²) in [5.74, 6) is 0.326. The Hall–Kier alpha value is -0.710. The molecule has 0 fully saturated rings. The number of hydrogen-bond acceptors (Lipinski definition) is 1. The Balaban J connectivity index is 2.50. The van der Waals surface area contributed by atoms with Crippen molar-refractivity contribution in [1.29, 1.82) is 0 Å². The number of halogens is 4. The molecule has 5 heteroatoms. The van der Waals surface area contributed by atoms with Crippen LogP contribution >= 0.6 is 15.9 Å².